The van der Waals surface area contributed by atoms with E-state index in [-0.39, 0.29) is 5.56 Å². The minimum Gasteiger partial charge on any atom is -0.444 e. The number of halogens is 3. The van der Waals surface area contributed by atoms with Gasteiger partial charge in [0.1, 0.15) is 5.60 Å². The Kier molecular flexibility index (Phi) is 5.13. The summed E-state index contributed by atoms with van der Waals surface area (Å²) in [5.74, 6) is -4.17. The van der Waals surface area contributed by atoms with E-state index in [1.165, 1.54) is 11.8 Å². The first-order chi connectivity index (χ1) is 11.0. The van der Waals surface area contributed by atoms with Crippen LogP contribution in [0.2, 0.25) is 0 Å². The minimum atomic E-state index is -1.55. The van der Waals surface area contributed by atoms with E-state index in [0.717, 1.165) is 12.1 Å². The Bertz CT molecular complexity index is 605. The van der Waals surface area contributed by atoms with Crippen LogP contribution in [0.25, 0.3) is 0 Å². The molecule has 1 heterocycles. The Morgan fingerprint density at radius 1 is 1.25 bits per heavy atom. The standard InChI is InChI=1S/C17H22F3NO3/c1-9(22)13-5-6-14(21(13)16(23)24-17(2,3)4)10-7-11(18)15(20)12(19)8-10/h7-9,13-14,22H,5-6H2,1-4H3/t9?,13-,14?/m1/s1. The van der Waals surface area contributed by atoms with Crippen molar-refractivity contribution < 1.29 is 27.8 Å². The van der Waals surface area contributed by atoms with Crippen molar-refractivity contribution in [2.45, 2.75) is 64.3 Å². The van der Waals surface area contributed by atoms with E-state index < -0.39 is 47.3 Å². The molecule has 7 heteroatoms. The number of aliphatic hydroxyl groups excluding tert-OH is 1. The summed E-state index contributed by atoms with van der Waals surface area (Å²) in [4.78, 5) is 13.8. The number of carbonyl (C=O) groups excluding carboxylic acids is 1. The molecule has 0 radical (unpaired) electrons. The number of rotatable bonds is 2. The van der Waals surface area contributed by atoms with E-state index in [9.17, 15) is 23.1 Å². The zero-order valence-electron chi connectivity index (χ0n) is 14.1. The van der Waals surface area contributed by atoms with Crippen LogP contribution in [0.4, 0.5) is 18.0 Å². The van der Waals surface area contributed by atoms with Crippen LogP contribution in [-0.4, -0.2) is 33.8 Å². The summed E-state index contributed by atoms with van der Waals surface area (Å²) in [6.07, 6.45) is -0.680. The lowest BCUT2D eigenvalue weighted by atomic mass is 10.0. The molecule has 1 aromatic rings. The maximum Gasteiger partial charge on any atom is 0.411 e. The second kappa shape index (κ2) is 6.63. The third kappa shape index (κ3) is 3.83. The van der Waals surface area contributed by atoms with Gasteiger partial charge in [0.05, 0.1) is 18.2 Å². The van der Waals surface area contributed by atoms with Crippen molar-refractivity contribution in [1.82, 2.24) is 4.90 Å². The van der Waals surface area contributed by atoms with Crippen LogP contribution >= 0.6 is 0 Å². The Labute approximate surface area is 139 Å². The van der Waals surface area contributed by atoms with Gasteiger partial charge in [-0.05, 0) is 58.2 Å². The van der Waals surface area contributed by atoms with Crippen molar-refractivity contribution in [3.05, 3.63) is 35.1 Å². The first-order valence-corrected chi connectivity index (χ1v) is 7.85. The summed E-state index contributed by atoms with van der Waals surface area (Å²) < 4.78 is 45.6. The smallest absolute Gasteiger partial charge is 0.411 e. The van der Waals surface area contributed by atoms with Crippen LogP contribution in [0.15, 0.2) is 12.1 Å². The molecule has 1 N–H and O–H groups in total. The summed E-state index contributed by atoms with van der Waals surface area (Å²) >= 11 is 0. The van der Waals surface area contributed by atoms with Crippen molar-refractivity contribution in [3.8, 4) is 0 Å². The third-order valence-electron chi connectivity index (χ3n) is 3.98. The largest absolute Gasteiger partial charge is 0.444 e. The van der Waals surface area contributed by atoms with Crippen LogP contribution in [0.5, 0.6) is 0 Å². The molecule has 1 aliphatic rings. The van der Waals surface area contributed by atoms with Crippen molar-refractivity contribution >= 4 is 6.09 Å². The molecular weight excluding hydrogens is 323 g/mol. The number of carbonyl (C=O) groups is 1. The van der Waals surface area contributed by atoms with Gasteiger partial charge in [-0.2, -0.15) is 0 Å². The number of amides is 1. The summed E-state index contributed by atoms with van der Waals surface area (Å²) in [6, 6.07) is 0.528. The van der Waals surface area contributed by atoms with Gasteiger partial charge < -0.3 is 9.84 Å². The Balaban J connectivity index is 2.39. The van der Waals surface area contributed by atoms with Crippen molar-refractivity contribution in [3.63, 3.8) is 0 Å². The number of nitrogens with zero attached hydrogens (tertiary/aromatic N) is 1. The van der Waals surface area contributed by atoms with Crippen molar-refractivity contribution in [2.24, 2.45) is 0 Å². The topological polar surface area (TPSA) is 49.8 Å². The van der Waals surface area contributed by atoms with Gasteiger partial charge in [-0.1, -0.05) is 0 Å². The average Bonchev–Trinajstić information content (AvgIpc) is 2.87. The molecule has 1 aromatic carbocycles. The average molecular weight is 345 g/mol. The van der Waals surface area contributed by atoms with E-state index in [1.807, 2.05) is 0 Å². The van der Waals surface area contributed by atoms with Gasteiger partial charge >= 0.3 is 6.09 Å². The zero-order chi connectivity index (χ0) is 18.2. The Morgan fingerprint density at radius 2 is 1.79 bits per heavy atom. The highest BCUT2D eigenvalue weighted by Crippen LogP contribution is 2.39. The first-order valence-electron chi connectivity index (χ1n) is 7.85. The lowest BCUT2D eigenvalue weighted by molar-refractivity contribution is -0.00171. The van der Waals surface area contributed by atoms with Crippen LogP contribution < -0.4 is 0 Å². The molecule has 0 aromatic heterocycles. The van der Waals surface area contributed by atoms with Crippen LogP contribution in [0.1, 0.15) is 52.1 Å². The SMILES string of the molecule is CC(O)[C@H]1CCC(c2cc(F)c(F)c(F)c2)N1C(=O)OC(C)(C)C. The zero-order valence-corrected chi connectivity index (χ0v) is 14.1. The minimum absolute atomic E-state index is 0.139. The summed E-state index contributed by atoms with van der Waals surface area (Å²) in [6.45, 7) is 6.63. The molecule has 2 rings (SSSR count). The maximum absolute atomic E-state index is 13.5. The molecule has 0 spiro atoms. The molecule has 0 aliphatic carbocycles. The van der Waals surface area contributed by atoms with Crippen LogP contribution in [0.3, 0.4) is 0 Å². The number of aliphatic hydroxyl groups is 1. The Morgan fingerprint density at radius 3 is 2.25 bits per heavy atom. The molecule has 1 saturated heterocycles. The number of benzene rings is 1. The van der Waals surface area contributed by atoms with E-state index in [4.69, 9.17) is 4.74 Å². The molecule has 0 bridgehead atoms. The molecule has 134 valence electrons. The molecule has 3 atom stereocenters. The van der Waals surface area contributed by atoms with Gasteiger partial charge in [-0.25, -0.2) is 18.0 Å². The van der Waals surface area contributed by atoms with Gasteiger partial charge in [0.15, 0.2) is 17.5 Å². The molecule has 2 unspecified atom stereocenters. The van der Waals surface area contributed by atoms with E-state index >= 15 is 0 Å². The van der Waals surface area contributed by atoms with Gasteiger partial charge in [0.2, 0.25) is 0 Å². The van der Waals surface area contributed by atoms with E-state index in [2.05, 4.69) is 0 Å². The monoisotopic (exact) mass is 345 g/mol. The van der Waals surface area contributed by atoms with Crippen LogP contribution in [-0.2, 0) is 4.74 Å². The quantitative estimate of drug-likeness (QED) is 0.827. The third-order valence-corrected chi connectivity index (χ3v) is 3.98. The summed E-state index contributed by atoms with van der Waals surface area (Å²) in [7, 11) is 0. The van der Waals surface area contributed by atoms with E-state index in [1.54, 1.807) is 20.8 Å². The fourth-order valence-corrected chi connectivity index (χ4v) is 2.98. The second-order valence-corrected chi connectivity index (χ2v) is 7.09. The molecule has 1 fully saturated rings. The van der Waals surface area contributed by atoms with Gasteiger partial charge in [0.25, 0.3) is 0 Å². The highest BCUT2D eigenvalue weighted by Gasteiger charge is 2.42. The van der Waals surface area contributed by atoms with Gasteiger partial charge in [-0.3, -0.25) is 4.90 Å². The molecule has 0 saturated carbocycles. The summed E-state index contributed by atoms with van der Waals surface area (Å²) in [5, 5.41) is 9.93. The lowest BCUT2D eigenvalue weighted by Crippen LogP contribution is -2.45. The predicted molar refractivity (Wildman–Crippen MR) is 81.8 cm³/mol. The summed E-state index contributed by atoms with van der Waals surface area (Å²) in [5.41, 5.74) is -0.618. The molecular formula is C17H22F3NO3. The second-order valence-electron chi connectivity index (χ2n) is 7.09. The normalized spacial score (nSPS) is 22.6. The first kappa shape index (κ1) is 18.6. The number of hydrogen-bond donors (Lipinski definition) is 1. The Hall–Kier alpha value is -1.76. The molecule has 1 amide bonds. The molecule has 4 nitrogen and oxygen atoms in total. The maximum atomic E-state index is 13.5. The highest BCUT2D eigenvalue weighted by molar-refractivity contribution is 5.70. The lowest BCUT2D eigenvalue weighted by Gasteiger charge is -2.34. The number of likely N-dealkylation sites (tertiary alicyclic amines) is 1. The van der Waals surface area contributed by atoms with E-state index in [0.29, 0.717) is 12.8 Å². The molecule has 1 aliphatic heterocycles. The number of hydrogen-bond acceptors (Lipinski definition) is 3. The highest BCUT2D eigenvalue weighted by atomic mass is 19.2. The van der Waals surface area contributed by atoms with Crippen molar-refractivity contribution in [2.75, 3.05) is 0 Å². The number of ether oxygens (including phenoxy) is 1. The molecule has 24 heavy (non-hydrogen) atoms. The predicted octanol–water partition coefficient (Wildman–Crippen LogP) is 3.93. The fourth-order valence-electron chi connectivity index (χ4n) is 2.98. The fraction of sp³-hybridized carbons (Fsp3) is 0.588. The van der Waals surface area contributed by atoms with Gasteiger partial charge in [-0.15, -0.1) is 0 Å². The van der Waals surface area contributed by atoms with Crippen molar-refractivity contribution in [1.29, 1.82) is 0 Å². The van der Waals surface area contributed by atoms with Crippen LogP contribution in [0, 0.1) is 17.5 Å². The van der Waals surface area contributed by atoms with Gasteiger partial charge in [0, 0.05) is 0 Å².